The molecule has 0 spiro atoms. The molecular formula is C22H22ClFN2O2S2. The number of anilines is 1. The van der Waals surface area contributed by atoms with Gasteiger partial charge in [0.25, 0.3) is 0 Å². The van der Waals surface area contributed by atoms with Crippen molar-refractivity contribution in [3.05, 3.63) is 75.5 Å². The Morgan fingerprint density at radius 2 is 1.87 bits per heavy atom. The zero-order valence-electron chi connectivity index (χ0n) is 16.5. The first-order valence-electron chi connectivity index (χ1n) is 9.77. The number of hydrogen-bond donors (Lipinski definition) is 0. The van der Waals surface area contributed by atoms with Gasteiger partial charge in [-0.15, -0.1) is 11.3 Å². The van der Waals surface area contributed by atoms with E-state index in [1.807, 2.05) is 0 Å². The third-order valence-corrected chi connectivity index (χ3v) is 8.92. The van der Waals surface area contributed by atoms with Crippen molar-refractivity contribution in [2.45, 2.75) is 36.3 Å². The van der Waals surface area contributed by atoms with E-state index < -0.39 is 20.9 Å². The van der Waals surface area contributed by atoms with Crippen LogP contribution in [0.1, 0.15) is 29.7 Å². The van der Waals surface area contributed by atoms with Crippen LogP contribution in [0.25, 0.3) is 0 Å². The Morgan fingerprint density at radius 1 is 1.17 bits per heavy atom. The summed E-state index contributed by atoms with van der Waals surface area (Å²) in [6.07, 6.45) is 1.79. The van der Waals surface area contributed by atoms with Gasteiger partial charge in [0.2, 0.25) is 0 Å². The molecule has 0 radical (unpaired) electrons. The lowest BCUT2D eigenvalue weighted by molar-refractivity contribution is 0.529. The smallest absolute Gasteiger partial charge is 0.185 e. The second kappa shape index (κ2) is 8.65. The highest BCUT2D eigenvalue weighted by Crippen LogP contribution is 2.30. The minimum absolute atomic E-state index is 0.0852. The van der Waals surface area contributed by atoms with E-state index >= 15 is 0 Å². The molecular weight excluding hydrogens is 443 g/mol. The molecule has 3 aromatic rings. The summed E-state index contributed by atoms with van der Waals surface area (Å²) in [6.45, 7) is 3.31. The Labute approximate surface area is 185 Å². The lowest BCUT2D eigenvalue weighted by Gasteiger charge is -2.31. The fourth-order valence-corrected chi connectivity index (χ4v) is 6.52. The van der Waals surface area contributed by atoms with Crippen LogP contribution in [0.5, 0.6) is 0 Å². The molecule has 0 amide bonds. The molecule has 0 saturated carbocycles. The van der Waals surface area contributed by atoms with Crippen molar-refractivity contribution in [2.24, 2.45) is 0 Å². The molecule has 4 nitrogen and oxygen atoms in total. The summed E-state index contributed by atoms with van der Waals surface area (Å²) in [7, 11) is -3.54. The molecule has 4 rings (SSSR count). The molecule has 30 heavy (non-hydrogen) atoms. The molecule has 1 aromatic heterocycles. The largest absolute Gasteiger partial charge is 0.348 e. The van der Waals surface area contributed by atoms with Gasteiger partial charge >= 0.3 is 0 Å². The number of benzene rings is 2. The van der Waals surface area contributed by atoms with Crippen LogP contribution in [0.15, 0.2) is 52.7 Å². The number of sulfone groups is 1. The molecule has 0 atom stereocenters. The maximum atomic E-state index is 13.4. The van der Waals surface area contributed by atoms with Gasteiger partial charge in [-0.25, -0.2) is 17.8 Å². The third kappa shape index (κ3) is 4.53. The van der Waals surface area contributed by atoms with Gasteiger partial charge < -0.3 is 4.90 Å². The molecule has 1 aliphatic rings. The Kier molecular flexibility index (Phi) is 6.14. The summed E-state index contributed by atoms with van der Waals surface area (Å²) in [5, 5.41) is 2.33. The maximum absolute atomic E-state index is 13.4. The van der Waals surface area contributed by atoms with Gasteiger partial charge in [0.1, 0.15) is 5.82 Å². The minimum atomic E-state index is -3.54. The van der Waals surface area contributed by atoms with Crippen LogP contribution in [-0.2, 0) is 16.3 Å². The maximum Gasteiger partial charge on any atom is 0.185 e. The summed E-state index contributed by atoms with van der Waals surface area (Å²) < 4.78 is 39.2. The van der Waals surface area contributed by atoms with E-state index in [1.165, 1.54) is 23.3 Å². The topological polar surface area (TPSA) is 50.3 Å². The van der Waals surface area contributed by atoms with Gasteiger partial charge in [-0.05, 0) is 43.5 Å². The van der Waals surface area contributed by atoms with Gasteiger partial charge in [0, 0.05) is 24.9 Å². The molecule has 158 valence electrons. The Balaban J connectivity index is 1.40. The van der Waals surface area contributed by atoms with Crippen LogP contribution in [0.3, 0.4) is 0 Å². The summed E-state index contributed by atoms with van der Waals surface area (Å²) in [4.78, 5) is 6.99. The zero-order chi connectivity index (χ0) is 21.3. The highest BCUT2D eigenvalue weighted by Gasteiger charge is 2.32. The summed E-state index contributed by atoms with van der Waals surface area (Å²) in [5.41, 5.74) is 3.48. The number of aryl methyl sites for hydroxylation is 1. The highest BCUT2D eigenvalue weighted by molar-refractivity contribution is 7.92. The van der Waals surface area contributed by atoms with Crippen molar-refractivity contribution in [1.29, 1.82) is 0 Å². The minimum Gasteiger partial charge on any atom is -0.348 e. The first-order valence-corrected chi connectivity index (χ1v) is 12.6. The first-order chi connectivity index (χ1) is 14.3. The Morgan fingerprint density at radius 3 is 2.53 bits per heavy atom. The van der Waals surface area contributed by atoms with Crippen LogP contribution in [0.4, 0.5) is 9.52 Å². The third-order valence-electron chi connectivity index (χ3n) is 5.42. The molecule has 0 aliphatic carbocycles. The number of aromatic nitrogens is 1. The van der Waals surface area contributed by atoms with Crippen LogP contribution in [0, 0.1) is 12.7 Å². The SMILES string of the molecule is Cc1ccc(Cc2csc(N3CCC(S(=O)(=O)c4ccc(F)c(Cl)c4)CC3)n2)cc1. The monoisotopic (exact) mass is 464 g/mol. The standard InChI is InChI=1S/C22H22ClFN2O2S2/c1-15-2-4-16(5-3-15)12-17-14-29-22(25-17)26-10-8-18(9-11-26)30(27,28)19-6-7-21(24)20(23)13-19/h2-7,13-14,18H,8-12H2,1H3. The van der Waals surface area contributed by atoms with E-state index in [0.29, 0.717) is 25.9 Å². The predicted molar refractivity (Wildman–Crippen MR) is 120 cm³/mol. The van der Waals surface area contributed by atoms with Crippen molar-refractivity contribution in [1.82, 2.24) is 4.98 Å². The molecule has 2 aromatic carbocycles. The van der Waals surface area contributed by atoms with Gasteiger partial charge in [-0.2, -0.15) is 0 Å². The van der Waals surface area contributed by atoms with Crippen LogP contribution >= 0.6 is 22.9 Å². The van der Waals surface area contributed by atoms with Gasteiger partial charge in [-0.3, -0.25) is 0 Å². The quantitative estimate of drug-likeness (QED) is 0.482. The fraction of sp³-hybridized carbons (Fsp3) is 0.318. The van der Waals surface area contributed by atoms with Crippen molar-refractivity contribution in [3.63, 3.8) is 0 Å². The average Bonchev–Trinajstić information content (AvgIpc) is 3.20. The number of halogens is 2. The van der Waals surface area contributed by atoms with Gasteiger partial charge in [0.05, 0.1) is 20.9 Å². The van der Waals surface area contributed by atoms with Crippen molar-refractivity contribution < 1.29 is 12.8 Å². The Bertz CT molecular complexity index is 1140. The van der Waals surface area contributed by atoms with Crippen LogP contribution in [0.2, 0.25) is 5.02 Å². The molecule has 1 saturated heterocycles. The van der Waals surface area contributed by atoms with E-state index in [2.05, 4.69) is 41.5 Å². The second-order valence-corrected chi connectivity index (χ2v) is 11.1. The molecule has 1 fully saturated rings. The first kappa shape index (κ1) is 21.3. The van der Waals surface area contributed by atoms with E-state index in [4.69, 9.17) is 16.6 Å². The molecule has 2 heterocycles. The highest BCUT2D eigenvalue weighted by atomic mass is 35.5. The fourth-order valence-electron chi connectivity index (χ4n) is 3.64. The number of rotatable bonds is 5. The number of hydrogen-bond acceptors (Lipinski definition) is 5. The lowest BCUT2D eigenvalue weighted by Crippen LogP contribution is -2.39. The van der Waals surface area contributed by atoms with Gasteiger partial charge in [-0.1, -0.05) is 41.4 Å². The summed E-state index contributed by atoms with van der Waals surface area (Å²) in [6, 6.07) is 12.0. The van der Waals surface area contributed by atoms with E-state index in [0.717, 1.165) is 23.3 Å². The summed E-state index contributed by atoms with van der Waals surface area (Å²) >= 11 is 7.37. The van der Waals surface area contributed by atoms with Crippen LogP contribution < -0.4 is 4.90 Å². The number of piperidine rings is 1. The molecule has 0 bridgehead atoms. The lowest BCUT2D eigenvalue weighted by atomic mass is 10.1. The van der Waals surface area contributed by atoms with E-state index in [-0.39, 0.29) is 9.92 Å². The van der Waals surface area contributed by atoms with Crippen molar-refractivity contribution in [3.8, 4) is 0 Å². The molecule has 0 N–H and O–H groups in total. The predicted octanol–water partition coefficient (Wildman–Crippen LogP) is 5.28. The normalized spacial score (nSPS) is 15.5. The van der Waals surface area contributed by atoms with Gasteiger partial charge in [0.15, 0.2) is 15.0 Å². The zero-order valence-corrected chi connectivity index (χ0v) is 18.9. The van der Waals surface area contributed by atoms with E-state index in [9.17, 15) is 12.8 Å². The van der Waals surface area contributed by atoms with Crippen LogP contribution in [-0.4, -0.2) is 31.7 Å². The molecule has 1 aliphatic heterocycles. The number of thiazole rings is 1. The molecule has 8 heteroatoms. The molecule has 0 unspecified atom stereocenters. The average molecular weight is 465 g/mol. The van der Waals surface area contributed by atoms with Crippen molar-refractivity contribution >= 4 is 37.9 Å². The van der Waals surface area contributed by atoms with Crippen molar-refractivity contribution in [2.75, 3.05) is 18.0 Å². The Hall–Kier alpha value is -1.96. The second-order valence-electron chi connectivity index (χ2n) is 7.59. The summed E-state index contributed by atoms with van der Waals surface area (Å²) in [5.74, 6) is -0.615. The number of nitrogens with zero attached hydrogens (tertiary/aromatic N) is 2. The van der Waals surface area contributed by atoms with E-state index in [1.54, 1.807) is 11.3 Å².